The van der Waals surface area contributed by atoms with E-state index >= 15 is 0 Å². The highest BCUT2D eigenvalue weighted by Crippen LogP contribution is 2.25. The first-order valence-electron chi connectivity index (χ1n) is 4.41. The van der Waals surface area contributed by atoms with Crippen molar-refractivity contribution in [1.29, 1.82) is 0 Å². The van der Waals surface area contributed by atoms with Crippen LogP contribution in [-0.4, -0.2) is 21.1 Å². The molecule has 0 amide bonds. The van der Waals surface area contributed by atoms with E-state index in [-0.39, 0.29) is 16.6 Å². The van der Waals surface area contributed by atoms with E-state index in [1.165, 1.54) is 30.8 Å². The largest absolute Gasteiger partial charge is 0.504 e. The third-order valence-electron chi connectivity index (χ3n) is 1.69. The maximum Gasteiger partial charge on any atom is 0.186 e. The lowest BCUT2D eigenvalue weighted by molar-refractivity contribution is -0.109. The van der Waals surface area contributed by atoms with Crippen molar-refractivity contribution in [3.8, 4) is 11.5 Å². The number of phenols is 2. The fourth-order valence-corrected chi connectivity index (χ4v) is 1.42. The van der Waals surface area contributed by atoms with E-state index in [2.05, 4.69) is 0 Å². The summed E-state index contributed by atoms with van der Waals surface area (Å²) in [5.74, 6) is 0.332. The first kappa shape index (κ1) is 11.7. The lowest BCUT2D eigenvalue weighted by Crippen LogP contribution is -1.81. The highest BCUT2D eigenvalue weighted by molar-refractivity contribution is 8.13. The fraction of sp³-hybridized carbons (Fsp3) is 0.182. The highest BCUT2D eigenvalue weighted by Gasteiger charge is 1.97. The van der Waals surface area contributed by atoms with Crippen LogP contribution in [0.3, 0.4) is 0 Å². The molecule has 0 heterocycles. The van der Waals surface area contributed by atoms with Crippen molar-refractivity contribution in [2.45, 2.75) is 6.92 Å². The van der Waals surface area contributed by atoms with Crippen LogP contribution in [0.4, 0.5) is 0 Å². The summed E-state index contributed by atoms with van der Waals surface area (Å²) in [5.41, 5.74) is 0.787. The number of hydrogen-bond donors (Lipinski definition) is 2. The van der Waals surface area contributed by atoms with Gasteiger partial charge in [0.1, 0.15) is 0 Å². The molecule has 1 aromatic carbocycles. The Kier molecular flexibility index (Phi) is 4.24. The van der Waals surface area contributed by atoms with E-state index in [0.29, 0.717) is 5.75 Å². The molecule has 1 rings (SSSR count). The van der Waals surface area contributed by atoms with Crippen molar-refractivity contribution in [2.24, 2.45) is 0 Å². The number of thioether (sulfide) groups is 1. The molecular weight excluding hydrogens is 212 g/mol. The van der Waals surface area contributed by atoms with Gasteiger partial charge in [0.2, 0.25) is 0 Å². The van der Waals surface area contributed by atoms with E-state index in [1.54, 1.807) is 12.1 Å². The van der Waals surface area contributed by atoms with Crippen LogP contribution in [-0.2, 0) is 4.79 Å². The van der Waals surface area contributed by atoms with Gasteiger partial charge in [0.25, 0.3) is 0 Å². The molecular formula is C11H12O3S. The van der Waals surface area contributed by atoms with Crippen molar-refractivity contribution in [1.82, 2.24) is 0 Å². The van der Waals surface area contributed by atoms with Crippen LogP contribution < -0.4 is 0 Å². The van der Waals surface area contributed by atoms with Gasteiger partial charge in [0, 0.05) is 12.7 Å². The summed E-state index contributed by atoms with van der Waals surface area (Å²) in [6.07, 6.45) is 3.62. The van der Waals surface area contributed by atoms with Gasteiger partial charge in [-0.1, -0.05) is 30.0 Å². The molecule has 0 bridgehead atoms. The lowest BCUT2D eigenvalue weighted by atomic mass is 10.2. The van der Waals surface area contributed by atoms with Gasteiger partial charge in [-0.15, -0.1) is 0 Å². The average Bonchev–Trinajstić information content (AvgIpc) is 2.18. The number of rotatable bonds is 3. The number of phenolic OH excluding ortho intramolecular Hbond substituents is 2. The van der Waals surface area contributed by atoms with Gasteiger partial charge in [-0.25, -0.2) is 0 Å². The van der Waals surface area contributed by atoms with Crippen molar-refractivity contribution < 1.29 is 15.0 Å². The minimum Gasteiger partial charge on any atom is -0.504 e. The zero-order valence-corrected chi connectivity index (χ0v) is 9.12. The van der Waals surface area contributed by atoms with Crippen LogP contribution in [0.5, 0.6) is 11.5 Å². The van der Waals surface area contributed by atoms with Crippen LogP contribution in [0.2, 0.25) is 0 Å². The summed E-state index contributed by atoms with van der Waals surface area (Å²) < 4.78 is 0. The molecule has 1 aromatic rings. The van der Waals surface area contributed by atoms with Crippen molar-refractivity contribution in [2.75, 3.05) is 5.75 Å². The maximum atomic E-state index is 10.6. The van der Waals surface area contributed by atoms with E-state index in [4.69, 9.17) is 5.11 Å². The number of carbonyl (C=O) groups is 1. The van der Waals surface area contributed by atoms with Gasteiger partial charge in [-0.3, -0.25) is 4.79 Å². The molecule has 80 valence electrons. The molecule has 0 fully saturated rings. The number of carbonyl (C=O) groups excluding carboxylic acids is 1. The first-order chi connectivity index (χ1) is 7.09. The Bertz CT molecular complexity index is 385. The van der Waals surface area contributed by atoms with Crippen molar-refractivity contribution >= 4 is 23.0 Å². The Morgan fingerprint density at radius 2 is 2.13 bits per heavy atom. The summed E-state index contributed by atoms with van der Waals surface area (Å²) in [6.45, 7) is 1.52. The van der Waals surface area contributed by atoms with Crippen molar-refractivity contribution in [3.05, 3.63) is 29.8 Å². The van der Waals surface area contributed by atoms with Gasteiger partial charge < -0.3 is 10.2 Å². The molecule has 0 unspecified atom stereocenters. The molecule has 0 saturated carbocycles. The highest BCUT2D eigenvalue weighted by atomic mass is 32.2. The molecule has 0 aromatic heterocycles. The molecule has 2 N–H and O–H groups in total. The van der Waals surface area contributed by atoms with Gasteiger partial charge in [-0.05, 0) is 17.7 Å². The predicted octanol–water partition coefficient (Wildman–Crippen LogP) is 2.39. The summed E-state index contributed by atoms with van der Waals surface area (Å²) in [4.78, 5) is 10.6. The average molecular weight is 224 g/mol. The van der Waals surface area contributed by atoms with Crippen LogP contribution >= 0.6 is 11.8 Å². The second-order valence-corrected chi connectivity index (χ2v) is 4.15. The van der Waals surface area contributed by atoms with E-state index in [0.717, 1.165) is 5.56 Å². The zero-order valence-electron chi connectivity index (χ0n) is 8.30. The number of benzene rings is 1. The van der Waals surface area contributed by atoms with E-state index in [9.17, 15) is 9.90 Å². The van der Waals surface area contributed by atoms with Gasteiger partial charge >= 0.3 is 0 Å². The van der Waals surface area contributed by atoms with E-state index < -0.39 is 0 Å². The molecule has 3 nitrogen and oxygen atoms in total. The molecule has 0 saturated heterocycles. The third-order valence-corrected chi connectivity index (χ3v) is 2.46. The van der Waals surface area contributed by atoms with Crippen LogP contribution in [0.25, 0.3) is 6.08 Å². The maximum absolute atomic E-state index is 10.6. The molecule has 0 radical (unpaired) electrons. The SMILES string of the molecule is CC(=O)SCC=Cc1ccc(O)c(O)c1. The first-order valence-corrected chi connectivity index (χ1v) is 5.40. The van der Waals surface area contributed by atoms with Gasteiger partial charge in [0.05, 0.1) is 0 Å². The monoisotopic (exact) mass is 224 g/mol. The van der Waals surface area contributed by atoms with Crippen LogP contribution in [0, 0.1) is 0 Å². The quantitative estimate of drug-likeness (QED) is 0.774. The Morgan fingerprint density at radius 1 is 1.40 bits per heavy atom. The Morgan fingerprint density at radius 3 is 2.73 bits per heavy atom. The number of aromatic hydroxyl groups is 2. The summed E-state index contributed by atoms with van der Waals surface area (Å²) in [6, 6.07) is 4.57. The fourth-order valence-electron chi connectivity index (χ4n) is 0.994. The molecule has 0 aliphatic carbocycles. The lowest BCUT2D eigenvalue weighted by Gasteiger charge is -1.98. The molecule has 0 aliphatic rings. The minimum absolute atomic E-state index is 0.0770. The zero-order chi connectivity index (χ0) is 11.3. The smallest absolute Gasteiger partial charge is 0.186 e. The molecule has 0 atom stereocenters. The summed E-state index contributed by atoms with van der Waals surface area (Å²) in [7, 11) is 0. The summed E-state index contributed by atoms with van der Waals surface area (Å²) >= 11 is 1.22. The van der Waals surface area contributed by atoms with Crippen molar-refractivity contribution in [3.63, 3.8) is 0 Å². The van der Waals surface area contributed by atoms with Gasteiger partial charge in [-0.2, -0.15) is 0 Å². The Hall–Kier alpha value is -1.42. The molecule has 15 heavy (non-hydrogen) atoms. The van der Waals surface area contributed by atoms with Crippen LogP contribution in [0.1, 0.15) is 12.5 Å². The minimum atomic E-state index is -0.142. The molecule has 4 heteroatoms. The standard InChI is InChI=1S/C11H12O3S/c1-8(12)15-6-2-3-9-4-5-10(13)11(14)7-9/h2-5,7,13-14H,6H2,1H3. The normalized spacial score (nSPS) is 10.7. The molecule has 0 aliphatic heterocycles. The van der Waals surface area contributed by atoms with Gasteiger partial charge in [0.15, 0.2) is 16.6 Å². The second kappa shape index (κ2) is 5.46. The molecule has 0 spiro atoms. The predicted molar refractivity (Wildman–Crippen MR) is 61.9 cm³/mol. The number of hydrogen-bond acceptors (Lipinski definition) is 4. The van der Waals surface area contributed by atoms with E-state index in [1.807, 2.05) is 6.08 Å². The topological polar surface area (TPSA) is 57.5 Å². The summed E-state index contributed by atoms with van der Waals surface area (Å²) in [5, 5.41) is 18.3. The Balaban J connectivity index is 2.57. The Labute approximate surface area is 92.4 Å². The van der Waals surface area contributed by atoms with Crippen LogP contribution in [0.15, 0.2) is 24.3 Å². The second-order valence-electron chi connectivity index (χ2n) is 2.95. The third kappa shape index (κ3) is 4.08.